The van der Waals surface area contributed by atoms with Crippen molar-refractivity contribution in [3.05, 3.63) is 30.1 Å². The Labute approximate surface area is 150 Å². The Balaban J connectivity index is 2.60. The summed E-state index contributed by atoms with van der Waals surface area (Å²) in [6, 6.07) is 6.07. The molecule has 0 saturated carbocycles. The van der Waals surface area contributed by atoms with Crippen molar-refractivity contribution in [3.63, 3.8) is 0 Å². The van der Waals surface area contributed by atoms with Crippen LogP contribution in [0.1, 0.15) is 40.5 Å². The molecular weight excluding hydrogens is 321 g/mol. The quantitative estimate of drug-likeness (QED) is 0.744. The standard InChI is InChI=1S/C19H30FN3O2/c1-6-14(3)23(15(4)7-2)19(25)13-22(5)12-18(24)21-17-10-8-9-16(20)11-17/h8-11,14-15H,6-7,12-13H2,1-5H3,(H,21,24)/t14-,15+. The first-order valence-corrected chi connectivity index (χ1v) is 8.83. The van der Waals surface area contributed by atoms with E-state index >= 15 is 0 Å². The molecule has 0 saturated heterocycles. The lowest BCUT2D eigenvalue weighted by Crippen LogP contribution is -2.49. The van der Waals surface area contributed by atoms with E-state index in [1.165, 1.54) is 18.2 Å². The minimum absolute atomic E-state index is 0.0183. The second-order valence-electron chi connectivity index (χ2n) is 6.55. The van der Waals surface area contributed by atoms with Gasteiger partial charge in [-0.25, -0.2) is 4.39 Å². The predicted molar refractivity (Wildman–Crippen MR) is 98.9 cm³/mol. The van der Waals surface area contributed by atoms with Gasteiger partial charge in [-0.15, -0.1) is 0 Å². The summed E-state index contributed by atoms with van der Waals surface area (Å²) in [5, 5.41) is 2.64. The van der Waals surface area contributed by atoms with Crippen LogP contribution in [0.5, 0.6) is 0 Å². The van der Waals surface area contributed by atoms with Crippen LogP contribution in [0, 0.1) is 5.82 Å². The van der Waals surface area contributed by atoms with E-state index in [0.717, 1.165) is 12.8 Å². The Morgan fingerprint density at radius 3 is 2.24 bits per heavy atom. The van der Waals surface area contributed by atoms with E-state index in [1.54, 1.807) is 18.0 Å². The van der Waals surface area contributed by atoms with Gasteiger partial charge in [0, 0.05) is 17.8 Å². The number of hydrogen-bond donors (Lipinski definition) is 1. The average Bonchev–Trinajstić information content (AvgIpc) is 2.54. The highest BCUT2D eigenvalue weighted by Crippen LogP contribution is 2.13. The van der Waals surface area contributed by atoms with Gasteiger partial charge >= 0.3 is 0 Å². The number of amides is 2. The highest BCUT2D eigenvalue weighted by molar-refractivity contribution is 5.92. The van der Waals surface area contributed by atoms with Crippen LogP contribution in [-0.2, 0) is 9.59 Å². The zero-order chi connectivity index (χ0) is 19.0. The molecule has 2 amide bonds. The zero-order valence-corrected chi connectivity index (χ0v) is 15.9. The molecule has 0 unspecified atom stereocenters. The Morgan fingerprint density at radius 1 is 1.12 bits per heavy atom. The minimum atomic E-state index is -0.404. The minimum Gasteiger partial charge on any atom is -0.336 e. The predicted octanol–water partition coefficient (Wildman–Crippen LogP) is 3.12. The first-order valence-electron chi connectivity index (χ1n) is 8.83. The van der Waals surface area contributed by atoms with Crippen molar-refractivity contribution in [2.75, 3.05) is 25.5 Å². The number of nitrogens with one attached hydrogen (secondary N) is 1. The fraction of sp³-hybridized carbons (Fsp3) is 0.579. The summed E-state index contributed by atoms with van der Waals surface area (Å²) < 4.78 is 13.1. The highest BCUT2D eigenvalue weighted by Gasteiger charge is 2.24. The van der Waals surface area contributed by atoms with Gasteiger partial charge in [-0.1, -0.05) is 19.9 Å². The Hall–Kier alpha value is -1.95. The third kappa shape index (κ3) is 6.82. The van der Waals surface area contributed by atoms with Crippen LogP contribution in [0.2, 0.25) is 0 Å². The number of carbonyl (C=O) groups is 2. The number of rotatable bonds is 9. The van der Waals surface area contributed by atoms with Crippen molar-refractivity contribution in [1.82, 2.24) is 9.80 Å². The summed E-state index contributed by atoms with van der Waals surface area (Å²) in [4.78, 5) is 28.3. The largest absolute Gasteiger partial charge is 0.336 e. The third-order valence-electron chi connectivity index (χ3n) is 4.35. The van der Waals surface area contributed by atoms with Gasteiger partial charge in [0.2, 0.25) is 11.8 Å². The molecule has 0 bridgehead atoms. The van der Waals surface area contributed by atoms with Crippen LogP contribution < -0.4 is 5.32 Å². The van der Waals surface area contributed by atoms with E-state index in [-0.39, 0.29) is 37.0 Å². The van der Waals surface area contributed by atoms with Crippen LogP contribution in [0.15, 0.2) is 24.3 Å². The van der Waals surface area contributed by atoms with E-state index in [4.69, 9.17) is 0 Å². The number of hydrogen-bond acceptors (Lipinski definition) is 3. The van der Waals surface area contributed by atoms with E-state index in [9.17, 15) is 14.0 Å². The maximum absolute atomic E-state index is 13.1. The fourth-order valence-corrected chi connectivity index (χ4v) is 2.70. The van der Waals surface area contributed by atoms with Gasteiger partial charge in [0.1, 0.15) is 5.82 Å². The van der Waals surface area contributed by atoms with Gasteiger partial charge in [-0.3, -0.25) is 14.5 Å². The number of carbonyl (C=O) groups excluding carboxylic acids is 2. The van der Waals surface area contributed by atoms with Crippen LogP contribution in [0.3, 0.4) is 0 Å². The molecular formula is C19H30FN3O2. The number of benzene rings is 1. The molecule has 1 aromatic rings. The second-order valence-corrected chi connectivity index (χ2v) is 6.55. The number of nitrogens with zero attached hydrogens (tertiary/aromatic N) is 2. The summed E-state index contributed by atoms with van der Waals surface area (Å²) in [6.45, 7) is 8.44. The Morgan fingerprint density at radius 2 is 1.72 bits per heavy atom. The molecule has 140 valence electrons. The highest BCUT2D eigenvalue weighted by atomic mass is 19.1. The summed E-state index contributed by atoms with van der Waals surface area (Å²) in [6.07, 6.45) is 1.78. The zero-order valence-electron chi connectivity index (χ0n) is 15.9. The van der Waals surface area contributed by atoms with Crippen molar-refractivity contribution in [2.45, 2.75) is 52.6 Å². The lowest BCUT2D eigenvalue weighted by Gasteiger charge is -2.35. The first kappa shape index (κ1) is 21.1. The number of anilines is 1. The van der Waals surface area contributed by atoms with E-state index in [1.807, 2.05) is 18.7 Å². The van der Waals surface area contributed by atoms with Crippen molar-refractivity contribution in [1.29, 1.82) is 0 Å². The summed E-state index contributed by atoms with van der Waals surface area (Å²) in [5.41, 5.74) is 0.408. The molecule has 0 aliphatic heterocycles. The normalized spacial score (nSPS) is 13.4. The topological polar surface area (TPSA) is 52.7 Å². The Bertz CT molecular complexity index is 570. The molecule has 0 aromatic heterocycles. The van der Waals surface area contributed by atoms with E-state index < -0.39 is 5.82 Å². The molecule has 0 radical (unpaired) electrons. The molecule has 2 atom stereocenters. The molecule has 0 heterocycles. The second kappa shape index (κ2) is 10.1. The molecule has 0 aliphatic rings. The molecule has 1 rings (SSSR count). The van der Waals surface area contributed by atoms with E-state index in [0.29, 0.717) is 5.69 Å². The average molecular weight is 351 g/mol. The van der Waals surface area contributed by atoms with Gasteiger partial charge in [-0.05, 0) is 51.9 Å². The van der Waals surface area contributed by atoms with Crippen LogP contribution >= 0.6 is 0 Å². The van der Waals surface area contributed by atoms with E-state index in [2.05, 4.69) is 19.2 Å². The van der Waals surface area contributed by atoms with Gasteiger partial charge < -0.3 is 10.2 Å². The van der Waals surface area contributed by atoms with Gasteiger partial charge in [-0.2, -0.15) is 0 Å². The van der Waals surface area contributed by atoms with Crippen molar-refractivity contribution in [3.8, 4) is 0 Å². The summed E-state index contributed by atoms with van der Waals surface area (Å²) in [7, 11) is 1.73. The first-order chi connectivity index (χ1) is 11.8. The molecule has 1 aromatic carbocycles. The van der Waals surface area contributed by atoms with Crippen LogP contribution in [0.25, 0.3) is 0 Å². The maximum atomic E-state index is 13.1. The number of halogens is 1. The van der Waals surface area contributed by atoms with Crippen molar-refractivity contribution >= 4 is 17.5 Å². The molecule has 5 nitrogen and oxygen atoms in total. The molecule has 0 aliphatic carbocycles. The van der Waals surface area contributed by atoms with Gasteiger partial charge in [0.25, 0.3) is 0 Å². The fourth-order valence-electron chi connectivity index (χ4n) is 2.70. The van der Waals surface area contributed by atoms with Gasteiger partial charge in [0.05, 0.1) is 13.1 Å². The summed E-state index contributed by atoms with van der Waals surface area (Å²) in [5.74, 6) is -0.664. The van der Waals surface area contributed by atoms with Gasteiger partial charge in [0.15, 0.2) is 0 Å². The molecule has 0 spiro atoms. The molecule has 25 heavy (non-hydrogen) atoms. The van der Waals surface area contributed by atoms with Crippen molar-refractivity contribution < 1.29 is 14.0 Å². The monoisotopic (exact) mass is 351 g/mol. The van der Waals surface area contributed by atoms with Crippen LogP contribution in [0.4, 0.5) is 10.1 Å². The lowest BCUT2D eigenvalue weighted by molar-refractivity contribution is -0.136. The third-order valence-corrected chi connectivity index (χ3v) is 4.35. The lowest BCUT2D eigenvalue weighted by atomic mass is 10.1. The maximum Gasteiger partial charge on any atom is 0.238 e. The Kier molecular flexibility index (Phi) is 8.55. The molecule has 1 N–H and O–H groups in total. The van der Waals surface area contributed by atoms with Crippen molar-refractivity contribution in [2.24, 2.45) is 0 Å². The molecule has 0 fully saturated rings. The SMILES string of the molecule is CC[C@@H](C)N(C(=O)CN(C)CC(=O)Nc1cccc(F)c1)[C@@H](C)CC. The van der Waals surface area contributed by atoms with Crippen LogP contribution in [-0.4, -0.2) is 53.8 Å². The smallest absolute Gasteiger partial charge is 0.238 e. The summed E-state index contributed by atoms with van der Waals surface area (Å²) >= 11 is 0. The number of likely N-dealkylation sites (N-methyl/N-ethyl adjacent to an activating group) is 1. The molecule has 6 heteroatoms.